The molecule has 1 aliphatic heterocycles. The summed E-state index contributed by atoms with van der Waals surface area (Å²) in [7, 11) is 0. The number of carbonyl (C=O) groups is 1. The molecule has 3 nitrogen and oxygen atoms in total. The van der Waals surface area contributed by atoms with E-state index in [0.717, 1.165) is 11.3 Å². The Morgan fingerprint density at radius 3 is 2.50 bits per heavy atom. The van der Waals surface area contributed by atoms with Crippen LogP contribution in [0.2, 0.25) is 10.0 Å². The van der Waals surface area contributed by atoms with E-state index < -0.39 is 0 Å². The second-order valence-corrected chi connectivity index (χ2v) is 9.29. The highest BCUT2D eigenvalue weighted by atomic mass is 35.5. The molecule has 0 radical (unpaired) electrons. The van der Waals surface area contributed by atoms with Gasteiger partial charge in [-0.25, -0.2) is 4.79 Å². The number of nitrogens with one attached hydrogen (secondary N) is 1. The fraction of sp³-hybridized carbons (Fsp3) is 0.350. The van der Waals surface area contributed by atoms with Crippen LogP contribution in [0.25, 0.3) is 0 Å². The van der Waals surface area contributed by atoms with Crippen molar-refractivity contribution in [2.24, 2.45) is 0 Å². The molecule has 0 aromatic heterocycles. The minimum atomic E-state index is -0.163. The summed E-state index contributed by atoms with van der Waals surface area (Å²) in [5, 5.41) is 3.67. The number of anilines is 1. The Morgan fingerprint density at radius 1 is 1.15 bits per heavy atom. The lowest BCUT2D eigenvalue weighted by molar-refractivity contribution is 0.214. The van der Waals surface area contributed by atoms with Gasteiger partial charge in [-0.05, 0) is 28.7 Å². The molecule has 3 rings (SSSR count). The molecule has 26 heavy (non-hydrogen) atoms. The molecule has 1 saturated heterocycles. The third-order valence-corrected chi connectivity index (χ3v) is 6.49. The standard InChI is InChI=1S/C20H22Cl2N2OS/c1-20(2,3)14-9-7-13(8-10-14)18-24(11-12-26-18)19(25)23-16-6-4-5-15(21)17(16)22/h4-10,18H,11-12H2,1-3H3,(H,23,25). The van der Waals surface area contributed by atoms with E-state index in [9.17, 15) is 4.79 Å². The number of nitrogens with zero attached hydrogens (tertiary/aromatic N) is 1. The first kappa shape index (κ1) is 19.4. The summed E-state index contributed by atoms with van der Waals surface area (Å²) in [5.74, 6) is 0.905. The van der Waals surface area contributed by atoms with Gasteiger partial charge in [-0.3, -0.25) is 0 Å². The van der Waals surface area contributed by atoms with Crippen LogP contribution in [0.1, 0.15) is 37.3 Å². The molecule has 1 fully saturated rings. The number of rotatable bonds is 2. The van der Waals surface area contributed by atoms with Gasteiger partial charge < -0.3 is 10.2 Å². The number of benzene rings is 2. The van der Waals surface area contributed by atoms with Crippen molar-refractivity contribution in [1.82, 2.24) is 4.90 Å². The molecule has 6 heteroatoms. The van der Waals surface area contributed by atoms with Gasteiger partial charge >= 0.3 is 6.03 Å². The minimum Gasteiger partial charge on any atom is -0.308 e. The van der Waals surface area contributed by atoms with Crippen LogP contribution in [-0.2, 0) is 5.41 Å². The summed E-state index contributed by atoms with van der Waals surface area (Å²) in [4.78, 5) is 14.6. The summed E-state index contributed by atoms with van der Waals surface area (Å²) in [6.45, 7) is 7.28. The van der Waals surface area contributed by atoms with Crippen molar-refractivity contribution >= 4 is 46.7 Å². The molecule has 1 unspecified atom stereocenters. The van der Waals surface area contributed by atoms with E-state index in [4.69, 9.17) is 23.2 Å². The first-order valence-electron chi connectivity index (χ1n) is 8.51. The number of urea groups is 1. The molecule has 2 aromatic rings. The lowest BCUT2D eigenvalue weighted by Gasteiger charge is -2.26. The molecule has 1 N–H and O–H groups in total. The fourth-order valence-corrected chi connectivity index (χ4v) is 4.49. The van der Waals surface area contributed by atoms with Gasteiger partial charge in [0, 0.05) is 12.3 Å². The van der Waals surface area contributed by atoms with Crippen LogP contribution >= 0.6 is 35.0 Å². The second-order valence-electron chi connectivity index (χ2n) is 7.32. The Bertz CT molecular complexity index is 802. The van der Waals surface area contributed by atoms with Gasteiger partial charge in [0.05, 0.1) is 15.7 Å². The van der Waals surface area contributed by atoms with Gasteiger partial charge in [0.25, 0.3) is 0 Å². The molecule has 2 amide bonds. The number of thioether (sulfide) groups is 1. The molecular weight excluding hydrogens is 387 g/mol. The Labute approximate surface area is 169 Å². The number of carbonyl (C=O) groups excluding carboxylic acids is 1. The molecular formula is C20H22Cl2N2OS. The average molecular weight is 409 g/mol. The highest BCUT2D eigenvalue weighted by Gasteiger charge is 2.31. The summed E-state index contributed by atoms with van der Waals surface area (Å²) >= 11 is 14.0. The SMILES string of the molecule is CC(C)(C)c1ccc(C2SCCN2C(=O)Nc2cccc(Cl)c2Cl)cc1. The molecule has 2 aromatic carbocycles. The summed E-state index contributed by atoms with van der Waals surface area (Å²) in [6, 6.07) is 13.6. The third-order valence-electron chi connectivity index (χ3n) is 4.41. The van der Waals surface area contributed by atoms with Gasteiger partial charge in [0.1, 0.15) is 5.37 Å². The first-order valence-corrected chi connectivity index (χ1v) is 10.3. The van der Waals surface area contributed by atoms with Gasteiger partial charge in [-0.2, -0.15) is 0 Å². The molecule has 0 spiro atoms. The topological polar surface area (TPSA) is 32.3 Å². The Kier molecular flexibility index (Phi) is 5.75. The van der Waals surface area contributed by atoms with Crippen LogP contribution in [0.5, 0.6) is 0 Å². The summed E-state index contributed by atoms with van der Waals surface area (Å²) in [5.41, 5.74) is 3.06. The van der Waals surface area contributed by atoms with Crippen molar-refractivity contribution in [2.45, 2.75) is 31.6 Å². The molecule has 138 valence electrons. The maximum Gasteiger partial charge on any atom is 0.323 e. The molecule has 0 saturated carbocycles. The van der Waals surface area contributed by atoms with Crippen molar-refractivity contribution in [3.05, 3.63) is 63.6 Å². The zero-order valence-corrected chi connectivity index (χ0v) is 17.4. The molecule has 0 aliphatic carbocycles. The van der Waals surface area contributed by atoms with E-state index in [-0.39, 0.29) is 16.8 Å². The van der Waals surface area contributed by atoms with Crippen molar-refractivity contribution in [2.75, 3.05) is 17.6 Å². The van der Waals surface area contributed by atoms with Crippen molar-refractivity contribution in [3.63, 3.8) is 0 Å². The van der Waals surface area contributed by atoms with Gasteiger partial charge in [-0.15, -0.1) is 11.8 Å². The molecule has 1 aliphatic rings. The van der Waals surface area contributed by atoms with Gasteiger partial charge in [-0.1, -0.05) is 74.3 Å². The predicted molar refractivity (Wildman–Crippen MR) is 113 cm³/mol. The number of amides is 2. The van der Waals surface area contributed by atoms with E-state index >= 15 is 0 Å². The van der Waals surface area contributed by atoms with Gasteiger partial charge in [0.15, 0.2) is 0 Å². The van der Waals surface area contributed by atoms with E-state index in [1.807, 2.05) is 4.90 Å². The average Bonchev–Trinajstić information content (AvgIpc) is 3.08. The number of hydrogen-bond acceptors (Lipinski definition) is 2. The lowest BCUT2D eigenvalue weighted by atomic mass is 9.87. The first-order chi connectivity index (χ1) is 12.3. The smallest absolute Gasteiger partial charge is 0.308 e. The predicted octanol–water partition coefficient (Wildman–Crippen LogP) is 6.57. The van der Waals surface area contributed by atoms with Crippen LogP contribution in [0.3, 0.4) is 0 Å². The molecule has 1 atom stereocenters. The maximum absolute atomic E-state index is 12.8. The number of hydrogen-bond donors (Lipinski definition) is 1. The third kappa shape index (κ3) is 4.13. The van der Waals surface area contributed by atoms with E-state index in [1.54, 1.807) is 30.0 Å². The maximum atomic E-state index is 12.8. The normalized spacial score (nSPS) is 17.4. The zero-order valence-electron chi connectivity index (χ0n) is 15.1. The van der Waals surface area contributed by atoms with Crippen LogP contribution in [0, 0.1) is 0 Å². The molecule has 1 heterocycles. The largest absolute Gasteiger partial charge is 0.323 e. The lowest BCUT2D eigenvalue weighted by Crippen LogP contribution is -2.34. The number of halogens is 2. The minimum absolute atomic E-state index is 0.00183. The van der Waals surface area contributed by atoms with E-state index in [0.29, 0.717) is 22.3 Å². The highest BCUT2D eigenvalue weighted by Crippen LogP contribution is 2.39. The Balaban J connectivity index is 1.77. The Morgan fingerprint density at radius 2 is 1.85 bits per heavy atom. The van der Waals surface area contributed by atoms with Crippen molar-refractivity contribution in [3.8, 4) is 0 Å². The quantitative estimate of drug-likeness (QED) is 0.608. The highest BCUT2D eigenvalue weighted by molar-refractivity contribution is 7.99. The van der Waals surface area contributed by atoms with E-state index in [1.165, 1.54) is 5.56 Å². The summed E-state index contributed by atoms with van der Waals surface area (Å²) < 4.78 is 0. The Hall–Kier alpha value is -1.36. The summed E-state index contributed by atoms with van der Waals surface area (Å²) in [6.07, 6.45) is 0. The van der Waals surface area contributed by atoms with Crippen molar-refractivity contribution < 1.29 is 4.79 Å². The van der Waals surface area contributed by atoms with Crippen LogP contribution in [-0.4, -0.2) is 23.2 Å². The van der Waals surface area contributed by atoms with E-state index in [2.05, 4.69) is 50.4 Å². The van der Waals surface area contributed by atoms with Crippen LogP contribution < -0.4 is 5.32 Å². The monoisotopic (exact) mass is 408 g/mol. The van der Waals surface area contributed by atoms with Crippen LogP contribution in [0.15, 0.2) is 42.5 Å². The van der Waals surface area contributed by atoms with Crippen molar-refractivity contribution in [1.29, 1.82) is 0 Å². The second kappa shape index (κ2) is 7.71. The van der Waals surface area contributed by atoms with Crippen LogP contribution in [0.4, 0.5) is 10.5 Å². The van der Waals surface area contributed by atoms with Gasteiger partial charge in [0.2, 0.25) is 0 Å². The zero-order chi connectivity index (χ0) is 18.9. The fourth-order valence-electron chi connectivity index (χ4n) is 2.89. The molecule has 0 bridgehead atoms.